The number of carbonyl (C=O) groups is 1. The summed E-state index contributed by atoms with van der Waals surface area (Å²) in [6.45, 7) is 3.78. The highest BCUT2D eigenvalue weighted by molar-refractivity contribution is 7.80. The van der Waals surface area contributed by atoms with Crippen molar-refractivity contribution in [2.45, 2.75) is 20.0 Å². The van der Waals surface area contributed by atoms with Gasteiger partial charge < -0.3 is 14.4 Å². The van der Waals surface area contributed by atoms with Crippen molar-refractivity contribution >= 4 is 29.3 Å². The summed E-state index contributed by atoms with van der Waals surface area (Å²) in [7, 11) is 0. The van der Waals surface area contributed by atoms with Crippen molar-refractivity contribution < 1.29 is 14.3 Å². The van der Waals surface area contributed by atoms with E-state index in [0.717, 1.165) is 5.56 Å². The van der Waals surface area contributed by atoms with E-state index in [1.807, 2.05) is 60.7 Å². The molecule has 5 heteroatoms. The van der Waals surface area contributed by atoms with Gasteiger partial charge in [0.15, 0.2) is 0 Å². The largest absolute Gasteiger partial charge is 0.486 e. The number of thiocarbonyl (C=S) groups is 1. The number of esters is 1. The van der Waals surface area contributed by atoms with E-state index in [4.69, 9.17) is 21.7 Å². The standard InChI is InChI=1S/C27H27NO3S/c1-2-30-27(29)18-17-24-15-9-10-16-25(24)31-21-26(32)28(19-22-11-5-3-6-12-22)20-23-13-7-4-8-14-23/h3-18H,2,19-21H2,1H3/b18-17+. The van der Waals surface area contributed by atoms with Crippen LogP contribution in [-0.4, -0.2) is 29.1 Å². The molecule has 0 aliphatic rings. The van der Waals surface area contributed by atoms with Crippen LogP contribution in [0.4, 0.5) is 0 Å². The van der Waals surface area contributed by atoms with Crippen LogP contribution in [0.15, 0.2) is 91.0 Å². The molecule has 0 N–H and O–H groups in total. The zero-order valence-corrected chi connectivity index (χ0v) is 19.0. The summed E-state index contributed by atoms with van der Waals surface area (Å²) in [6, 6.07) is 28.1. The first-order chi connectivity index (χ1) is 15.7. The van der Waals surface area contributed by atoms with E-state index in [2.05, 4.69) is 29.2 Å². The molecule has 0 fully saturated rings. The smallest absolute Gasteiger partial charge is 0.330 e. The van der Waals surface area contributed by atoms with Crippen LogP contribution in [0.2, 0.25) is 0 Å². The monoisotopic (exact) mass is 445 g/mol. The van der Waals surface area contributed by atoms with Gasteiger partial charge in [0.25, 0.3) is 0 Å². The van der Waals surface area contributed by atoms with Crippen molar-refractivity contribution in [2.24, 2.45) is 0 Å². The van der Waals surface area contributed by atoms with Gasteiger partial charge in [-0.05, 0) is 30.2 Å². The summed E-state index contributed by atoms with van der Waals surface area (Å²) >= 11 is 5.77. The van der Waals surface area contributed by atoms with Crippen molar-refractivity contribution in [3.8, 4) is 5.75 Å². The second-order valence-corrected chi connectivity index (χ2v) is 7.60. The van der Waals surface area contributed by atoms with Crippen molar-refractivity contribution in [3.05, 3.63) is 108 Å². The minimum atomic E-state index is -0.380. The van der Waals surface area contributed by atoms with Gasteiger partial charge in [-0.25, -0.2) is 4.79 Å². The van der Waals surface area contributed by atoms with E-state index in [9.17, 15) is 4.79 Å². The zero-order valence-electron chi connectivity index (χ0n) is 18.1. The first-order valence-electron chi connectivity index (χ1n) is 10.6. The summed E-state index contributed by atoms with van der Waals surface area (Å²) < 4.78 is 11.0. The molecule has 3 aromatic carbocycles. The van der Waals surface area contributed by atoms with E-state index in [1.165, 1.54) is 17.2 Å². The van der Waals surface area contributed by atoms with Crippen LogP contribution in [0.3, 0.4) is 0 Å². The van der Waals surface area contributed by atoms with Crippen molar-refractivity contribution in [3.63, 3.8) is 0 Å². The number of carbonyl (C=O) groups excluding carboxylic acids is 1. The van der Waals surface area contributed by atoms with Crippen LogP contribution < -0.4 is 4.74 Å². The van der Waals surface area contributed by atoms with E-state index in [0.29, 0.717) is 30.4 Å². The second kappa shape index (κ2) is 12.4. The summed E-state index contributed by atoms with van der Waals surface area (Å²) in [4.78, 5) is 14.5. The number of rotatable bonds is 10. The Labute approximate surface area is 195 Å². The van der Waals surface area contributed by atoms with Crippen LogP contribution >= 0.6 is 12.2 Å². The molecule has 3 rings (SSSR count). The average Bonchev–Trinajstić information content (AvgIpc) is 2.83. The number of ether oxygens (including phenoxy) is 2. The number of hydrogen-bond acceptors (Lipinski definition) is 4. The molecule has 0 spiro atoms. The van der Waals surface area contributed by atoms with Gasteiger partial charge in [0, 0.05) is 24.7 Å². The van der Waals surface area contributed by atoms with Crippen LogP contribution in [0.1, 0.15) is 23.6 Å². The molecule has 0 amide bonds. The predicted molar refractivity (Wildman–Crippen MR) is 132 cm³/mol. The molecule has 0 atom stereocenters. The molecule has 0 bridgehead atoms. The lowest BCUT2D eigenvalue weighted by Crippen LogP contribution is -2.32. The van der Waals surface area contributed by atoms with Crippen molar-refractivity contribution in [1.29, 1.82) is 0 Å². The van der Waals surface area contributed by atoms with Gasteiger partial charge in [0.1, 0.15) is 17.3 Å². The molecule has 0 radical (unpaired) electrons. The van der Waals surface area contributed by atoms with Gasteiger partial charge in [0.05, 0.1) is 6.61 Å². The molecule has 3 aromatic rings. The predicted octanol–water partition coefficient (Wildman–Crippen LogP) is 5.67. The Morgan fingerprint density at radius 2 is 1.44 bits per heavy atom. The first-order valence-corrected chi connectivity index (χ1v) is 11.0. The van der Waals surface area contributed by atoms with E-state index >= 15 is 0 Å². The third kappa shape index (κ3) is 7.36. The van der Waals surface area contributed by atoms with Gasteiger partial charge in [0.2, 0.25) is 0 Å². The summed E-state index contributed by atoms with van der Waals surface area (Å²) in [5.41, 5.74) is 3.16. The minimum absolute atomic E-state index is 0.263. The second-order valence-electron chi connectivity index (χ2n) is 7.13. The van der Waals surface area contributed by atoms with Crippen LogP contribution in [0, 0.1) is 0 Å². The number of benzene rings is 3. The Morgan fingerprint density at radius 3 is 2.03 bits per heavy atom. The Hall–Kier alpha value is -3.44. The first kappa shape index (κ1) is 23.2. The Morgan fingerprint density at radius 1 is 0.875 bits per heavy atom. The SMILES string of the molecule is CCOC(=O)/C=C/c1ccccc1OCC(=S)N(Cc1ccccc1)Cc1ccccc1. The molecule has 0 aliphatic carbocycles. The molecule has 0 aliphatic heterocycles. The molecule has 4 nitrogen and oxygen atoms in total. The maximum absolute atomic E-state index is 11.7. The Kier molecular flexibility index (Phi) is 9.02. The normalized spacial score (nSPS) is 10.7. The van der Waals surface area contributed by atoms with E-state index < -0.39 is 0 Å². The lowest BCUT2D eigenvalue weighted by molar-refractivity contribution is -0.137. The fourth-order valence-electron chi connectivity index (χ4n) is 3.17. The molecule has 0 saturated carbocycles. The summed E-state index contributed by atoms with van der Waals surface area (Å²) in [5, 5.41) is 0. The third-order valence-electron chi connectivity index (χ3n) is 4.74. The molecular formula is C27H27NO3S. The highest BCUT2D eigenvalue weighted by atomic mass is 32.1. The molecule has 164 valence electrons. The summed E-state index contributed by atoms with van der Waals surface area (Å²) in [6.07, 6.45) is 3.10. The topological polar surface area (TPSA) is 38.8 Å². The van der Waals surface area contributed by atoms with E-state index in [-0.39, 0.29) is 12.6 Å². The lowest BCUT2D eigenvalue weighted by Gasteiger charge is -2.26. The van der Waals surface area contributed by atoms with Crippen LogP contribution in [-0.2, 0) is 22.6 Å². The molecular weight excluding hydrogens is 418 g/mol. The summed E-state index contributed by atoms with van der Waals surface area (Å²) in [5.74, 6) is 0.282. The van der Waals surface area contributed by atoms with Gasteiger partial charge in [-0.15, -0.1) is 0 Å². The maximum Gasteiger partial charge on any atom is 0.330 e. The molecule has 0 aromatic heterocycles. The number of nitrogens with zero attached hydrogens (tertiary/aromatic N) is 1. The quantitative estimate of drug-likeness (QED) is 0.228. The van der Waals surface area contributed by atoms with Gasteiger partial charge >= 0.3 is 5.97 Å². The minimum Gasteiger partial charge on any atom is -0.486 e. The van der Waals surface area contributed by atoms with Gasteiger partial charge in [-0.2, -0.15) is 0 Å². The molecule has 0 heterocycles. The average molecular weight is 446 g/mol. The van der Waals surface area contributed by atoms with Crippen molar-refractivity contribution in [2.75, 3.05) is 13.2 Å². The van der Waals surface area contributed by atoms with Gasteiger partial charge in [-0.3, -0.25) is 0 Å². The van der Waals surface area contributed by atoms with Gasteiger partial charge in [-0.1, -0.05) is 91.1 Å². The number of hydrogen-bond donors (Lipinski definition) is 0. The highest BCUT2D eigenvalue weighted by Crippen LogP contribution is 2.20. The molecule has 0 saturated heterocycles. The van der Waals surface area contributed by atoms with Crippen LogP contribution in [0.25, 0.3) is 6.08 Å². The Balaban J connectivity index is 1.70. The fraction of sp³-hybridized carbons (Fsp3) is 0.185. The molecule has 32 heavy (non-hydrogen) atoms. The van der Waals surface area contributed by atoms with E-state index in [1.54, 1.807) is 13.0 Å². The highest BCUT2D eigenvalue weighted by Gasteiger charge is 2.13. The fourth-order valence-corrected chi connectivity index (χ4v) is 3.36. The third-order valence-corrected chi connectivity index (χ3v) is 5.12. The van der Waals surface area contributed by atoms with Crippen molar-refractivity contribution in [1.82, 2.24) is 4.90 Å². The maximum atomic E-state index is 11.7. The lowest BCUT2D eigenvalue weighted by atomic mass is 10.1. The molecule has 0 unspecified atom stereocenters. The Bertz CT molecular complexity index is 994. The van der Waals surface area contributed by atoms with Crippen LogP contribution in [0.5, 0.6) is 5.75 Å². The number of para-hydroxylation sites is 1. The zero-order chi connectivity index (χ0) is 22.6.